The van der Waals surface area contributed by atoms with E-state index >= 15 is 0 Å². The predicted molar refractivity (Wildman–Crippen MR) is 298 cm³/mol. The highest BCUT2D eigenvalue weighted by Gasteiger charge is 2.45. The van der Waals surface area contributed by atoms with E-state index in [1.54, 1.807) is 0 Å². The normalized spacial score (nSPS) is 12.4. The van der Waals surface area contributed by atoms with Crippen molar-refractivity contribution in [2.45, 2.75) is 78.6 Å². The molecular weight excluding hydrogens is 832 g/mol. The lowest BCUT2D eigenvalue weighted by Crippen LogP contribution is -2.61. The Bertz CT molecular complexity index is 2910. The lowest BCUT2D eigenvalue weighted by molar-refractivity contribution is 0.794. The van der Waals surface area contributed by atoms with E-state index in [-0.39, 0.29) is 6.71 Å². The van der Waals surface area contributed by atoms with Crippen LogP contribution >= 0.6 is 0 Å². The summed E-state index contributed by atoms with van der Waals surface area (Å²) in [7, 11) is 0. The lowest BCUT2D eigenvalue weighted by Gasteiger charge is -2.46. The molecule has 0 amide bonds. The van der Waals surface area contributed by atoms with Crippen molar-refractivity contribution in [2.24, 2.45) is 0 Å². The summed E-state index contributed by atoms with van der Waals surface area (Å²) in [5.74, 6) is 0. The Balaban J connectivity index is 1.30. The van der Waals surface area contributed by atoms with E-state index in [9.17, 15) is 0 Å². The third-order valence-corrected chi connectivity index (χ3v) is 14.6. The summed E-state index contributed by atoms with van der Waals surface area (Å²) in [6.07, 6.45) is 9.99. The van der Waals surface area contributed by atoms with Crippen LogP contribution in [0.25, 0.3) is 44.5 Å². The van der Waals surface area contributed by atoms with E-state index in [1.165, 1.54) is 112 Å². The van der Waals surface area contributed by atoms with Crippen molar-refractivity contribution in [3.05, 3.63) is 223 Å². The Morgan fingerprint density at radius 3 is 0.986 bits per heavy atom. The number of anilines is 6. The van der Waals surface area contributed by atoms with E-state index in [0.717, 1.165) is 57.8 Å². The molecule has 0 aromatic heterocycles. The van der Waals surface area contributed by atoms with Crippen molar-refractivity contribution in [1.82, 2.24) is 0 Å². The standard InChI is InChI=1S/C66H61BN2/c1-4-7-24-47-39-41-60-58(43-47)67-59-44-48(25-8-5-2)40-42-61(59)69(66-56(52-31-18-12-19-32-52)37-23-38-57(66)53-33-20-13-21-34-53)63-46-49(26-9-6-3)45-62(64(63)67)68(60)65-54(50-27-14-10-15-28-50)35-22-36-55(65)51-29-16-11-17-30-51/h10-23,27-46H,4-9,24-26H2,1-3H3. The summed E-state index contributed by atoms with van der Waals surface area (Å²) >= 11 is 0. The minimum atomic E-state index is 0.0176. The van der Waals surface area contributed by atoms with Crippen molar-refractivity contribution in [2.75, 3.05) is 9.80 Å². The van der Waals surface area contributed by atoms with E-state index in [4.69, 9.17) is 0 Å². The smallest absolute Gasteiger partial charge is 0.252 e. The van der Waals surface area contributed by atoms with Gasteiger partial charge in [-0.15, -0.1) is 0 Å². The Hall–Kier alpha value is -7.36. The molecule has 0 radical (unpaired) electrons. The largest absolute Gasteiger partial charge is 0.310 e. The van der Waals surface area contributed by atoms with Crippen LogP contribution in [0.15, 0.2) is 206 Å². The lowest BCUT2D eigenvalue weighted by atomic mass is 9.33. The molecule has 2 aliphatic rings. The molecule has 2 aliphatic heterocycles. The van der Waals surface area contributed by atoms with Gasteiger partial charge in [0.15, 0.2) is 0 Å². The molecule has 0 N–H and O–H groups in total. The maximum Gasteiger partial charge on any atom is 0.252 e. The first kappa shape index (κ1) is 44.2. The third-order valence-electron chi connectivity index (χ3n) is 14.6. The van der Waals surface area contributed by atoms with Gasteiger partial charge in [0, 0.05) is 45.0 Å². The zero-order chi connectivity index (χ0) is 46.7. The maximum atomic E-state index is 2.69. The average Bonchev–Trinajstić information content (AvgIpc) is 3.41. The molecular formula is C66H61BN2. The quantitative estimate of drug-likeness (QED) is 0.0946. The highest BCUT2D eigenvalue weighted by atomic mass is 15.2. The Labute approximate surface area is 411 Å². The van der Waals surface area contributed by atoms with Gasteiger partial charge in [0.1, 0.15) is 0 Å². The molecule has 0 aliphatic carbocycles. The second-order valence-corrected chi connectivity index (χ2v) is 19.1. The zero-order valence-electron chi connectivity index (χ0n) is 40.5. The molecule has 0 bridgehead atoms. The molecule has 0 saturated carbocycles. The van der Waals surface area contributed by atoms with Crippen LogP contribution in [0.3, 0.4) is 0 Å². The molecule has 2 nitrogen and oxygen atoms in total. The summed E-state index contributed by atoms with van der Waals surface area (Å²) in [5, 5.41) is 0. The minimum absolute atomic E-state index is 0.0176. The highest BCUT2D eigenvalue weighted by Crippen LogP contribution is 2.52. The first-order valence-electron chi connectivity index (χ1n) is 25.7. The highest BCUT2D eigenvalue weighted by molar-refractivity contribution is 7.00. The van der Waals surface area contributed by atoms with Crippen LogP contribution in [0, 0.1) is 0 Å². The summed E-state index contributed by atoms with van der Waals surface area (Å²) in [4.78, 5) is 5.39. The molecule has 2 heterocycles. The van der Waals surface area contributed by atoms with Gasteiger partial charge in [-0.3, -0.25) is 0 Å². The van der Waals surface area contributed by atoms with Gasteiger partial charge in [0.2, 0.25) is 0 Å². The molecule has 3 heteroatoms. The minimum Gasteiger partial charge on any atom is -0.310 e. The van der Waals surface area contributed by atoms with E-state index in [2.05, 4.69) is 237 Å². The Kier molecular flexibility index (Phi) is 12.6. The summed E-state index contributed by atoms with van der Waals surface area (Å²) in [5.41, 5.74) is 25.5. The van der Waals surface area contributed by atoms with Gasteiger partial charge >= 0.3 is 0 Å². The zero-order valence-corrected chi connectivity index (χ0v) is 40.5. The molecule has 0 saturated heterocycles. The molecule has 0 fully saturated rings. The number of hydrogen-bond donors (Lipinski definition) is 0. The average molecular weight is 893 g/mol. The van der Waals surface area contributed by atoms with Gasteiger partial charge in [-0.2, -0.15) is 0 Å². The molecule has 11 rings (SSSR count). The fraction of sp³-hybridized carbons (Fsp3) is 0.182. The molecule has 9 aromatic rings. The molecule has 9 aromatic carbocycles. The molecule has 0 unspecified atom stereocenters. The van der Waals surface area contributed by atoms with Gasteiger partial charge in [0.05, 0.1) is 11.4 Å². The van der Waals surface area contributed by atoms with E-state index < -0.39 is 0 Å². The third kappa shape index (κ3) is 8.29. The number of rotatable bonds is 15. The second-order valence-electron chi connectivity index (χ2n) is 19.1. The first-order valence-corrected chi connectivity index (χ1v) is 25.7. The predicted octanol–water partition coefficient (Wildman–Crippen LogP) is 16.5. The topological polar surface area (TPSA) is 6.48 Å². The van der Waals surface area contributed by atoms with Gasteiger partial charge in [-0.25, -0.2) is 0 Å². The summed E-state index contributed by atoms with van der Waals surface area (Å²) in [6.45, 7) is 6.96. The van der Waals surface area contributed by atoms with Gasteiger partial charge in [-0.1, -0.05) is 222 Å². The van der Waals surface area contributed by atoms with Gasteiger partial charge < -0.3 is 9.80 Å². The number of aryl methyl sites for hydroxylation is 3. The number of unbranched alkanes of at least 4 members (excludes halogenated alkanes) is 3. The molecule has 0 spiro atoms. The van der Waals surface area contributed by atoms with E-state index in [0.29, 0.717) is 0 Å². The van der Waals surface area contributed by atoms with Crippen LogP contribution in [0.1, 0.15) is 76.0 Å². The van der Waals surface area contributed by atoms with Crippen LogP contribution in [0.2, 0.25) is 0 Å². The van der Waals surface area contributed by atoms with Crippen molar-refractivity contribution in [3.63, 3.8) is 0 Å². The van der Waals surface area contributed by atoms with Crippen LogP contribution in [-0.4, -0.2) is 6.71 Å². The summed E-state index contributed by atoms with van der Waals surface area (Å²) in [6, 6.07) is 78.3. The monoisotopic (exact) mass is 892 g/mol. The number of nitrogens with zero attached hydrogens (tertiary/aromatic N) is 2. The van der Waals surface area contributed by atoms with Crippen LogP contribution < -0.4 is 26.2 Å². The Morgan fingerprint density at radius 2 is 0.652 bits per heavy atom. The van der Waals surface area contributed by atoms with Gasteiger partial charge in [0.25, 0.3) is 6.71 Å². The van der Waals surface area contributed by atoms with Crippen LogP contribution in [0.4, 0.5) is 34.1 Å². The number of fused-ring (bicyclic) bond motifs is 4. The van der Waals surface area contributed by atoms with E-state index in [1.807, 2.05) is 0 Å². The summed E-state index contributed by atoms with van der Waals surface area (Å²) < 4.78 is 0. The second kappa shape index (κ2) is 19.7. The number of hydrogen-bond acceptors (Lipinski definition) is 2. The van der Waals surface area contributed by atoms with Crippen LogP contribution in [-0.2, 0) is 19.3 Å². The molecule has 338 valence electrons. The fourth-order valence-corrected chi connectivity index (χ4v) is 11.2. The van der Waals surface area contributed by atoms with Crippen molar-refractivity contribution >= 4 is 57.2 Å². The van der Waals surface area contributed by atoms with Gasteiger partial charge in [-0.05, 0) is 118 Å². The van der Waals surface area contributed by atoms with Crippen molar-refractivity contribution in [1.29, 1.82) is 0 Å². The number of para-hydroxylation sites is 2. The van der Waals surface area contributed by atoms with Crippen LogP contribution in [0.5, 0.6) is 0 Å². The Morgan fingerprint density at radius 1 is 0.319 bits per heavy atom. The van der Waals surface area contributed by atoms with Crippen molar-refractivity contribution < 1.29 is 0 Å². The number of benzene rings is 9. The maximum absolute atomic E-state index is 2.69. The first-order chi connectivity index (χ1) is 34.1. The molecule has 0 atom stereocenters. The fourth-order valence-electron chi connectivity index (χ4n) is 11.2. The molecule has 69 heavy (non-hydrogen) atoms. The SMILES string of the molecule is CCCCc1ccc2c(c1)B1c3cc(CCCC)ccc3N(c3c(-c4ccccc4)cccc3-c3ccccc3)c3cc(CCCC)cc(c31)N2c1c(-c2ccccc2)cccc1-c1ccccc1. The van der Waals surface area contributed by atoms with Crippen molar-refractivity contribution in [3.8, 4) is 44.5 Å².